The van der Waals surface area contributed by atoms with Crippen LogP contribution in [-0.2, 0) is 4.79 Å². The number of nitrogens with one attached hydrogen (secondary N) is 1. The summed E-state index contributed by atoms with van der Waals surface area (Å²) in [4.78, 5) is 32.9. The molecule has 36 heavy (non-hydrogen) atoms. The number of nitrogens with two attached hydrogens (primary N) is 1. The first-order valence-electron chi connectivity index (χ1n) is 12.6. The third-order valence-corrected chi connectivity index (χ3v) is 7.97. The van der Waals surface area contributed by atoms with Gasteiger partial charge in [-0.25, -0.2) is 4.99 Å². The van der Waals surface area contributed by atoms with Gasteiger partial charge < -0.3 is 20.9 Å². The normalized spacial score (nSPS) is 31.2. The lowest BCUT2D eigenvalue weighted by Gasteiger charge is -2.38. The maximum absolute atomic E-state index is 13.4. The Morgan fingerprint density at radius 2 is 1.97 bits per heavy atom. The van der Waals surface area contributed by atoms with Gasteiger partial charge in [-0.05, 0) is 61.9 Å². The SMILES string of the molecule is CC[C@]1(C)CC(=O)N([C@@H]2C[C@@H](C)c3ccc(C(=O)N[C@@H]4c5ccccc5OC[C@]4(C)O)cc32)C(N)=N1. The second kappa shape index (κ2) is 8.62. The summed E-state index contributed by atoms with van der Waals surface area (Å²) in [6, 6.07) is 12.1. The van der Waals surface area contributed by atoms with Gasteiger partial charge in [-0.15, -0.1) is 0 Å². The van der Waals surface area contributed by atoms with Gasteiger partial charge in [0.15, 0.2) is 5.96 Å². The van der Waals surface area contributed by atoms with E-state index in [2.05, 4.69) is 17.2 Å². The minimum Gasteiger partial charge on any atom is -0.490 e. The molecular formula is C28H34N4O4. The standard InChI is InChI=1S/C28H34N4O4/c1-5-27(3)14-23(33)32(26(29)31-27)21-12-16(2)18-11-10-17(13-20(18)21)25(34)30-24-19-8-6-7-9-22(19)36-15-28(24,4)35/h6-11,13,16,21,24,35H,5,12,14-15H2,1-4H3,(H2,29,31)(H,30,34)/t16-,21-,24-,27-,28+/m1/s1. The number of benzene rings is 2. The number of para-hydroxylation sites is 1. The van der Waals surface area contributed by atoms with E-state index in [1.165, 1.54) is 0 Å². The van der Waals surface area contributed by atoms with Gasteiger partial charge in [0.05, 0.1) is 24.0 Å². The molecule has 8 nitrogen and oxygen atoms in total. The second-order valence-corrected chi connectivity index (χ2v) is 10.8. The Hall–Kier alpha value is -3.39. The molecule has 2 amide bonds. The quantitative estimate of drug-likeness (QED) is 0.606. The van der Waals surface area contributed by atoms with Gasteiger partial charge in [-0.1, -0.05) is 38.1 Å². The molecule has 2 heterocycles. The highest BCUT2D eigenvalue weighted by molar-refractivity contribution is 6.00. The van der Waals surface area contributed by atoms with Crippen molar-refractivity contribution in [2.75, 3.05) is 6.61 Å². The van der Waals surface area contributed by atoms with E-state index in [9.17, 15) is 14.7 Å². The smallest absolute Gasteiger partial charge is 0.251 e. The maximum Gasteiger partial charge on any atom is 0.251 e. The summed E-state index contributed by atoms with van der Waals surface area (Å²) in [6.07, 6.45) is 1.75. The molecule has 0 radical (unpaired) electrons. The fraction of sp³-hybridized carbons (Fsp3) is 0.464. The number of guanidine groups is 1. The molecule has 2 aromatic rings. The summed E-state index contributed by atoms with van der Waals surface area (Å²) in [7, 11) is 0. The predicted octanol–water partition coefficient (Wildman–Crippen LogP) is 3.57. The monoisotopic (exact) mass is 490 g/mol. The molecule has 3 aliphatic rings. The van der Waals surface area contributed by atoms with E-state index < -0.39 is 17.2 Å². The second-order valence-electron chi connectivity index (χ2n) is 10.8. The van der Waals surface area contributed by atoms with Gasteiger partial charge in [-0.2, -0.15) is 0 Å². The number of rotatable bonds is 4. The minimum atomic E-state index is -1.27. The molecule has 0 saturated carbocycles. The topological polar surface area (TPSA) is 117 Å². The van der Waals surface area contributed by atoms with Crippen molar-refractivity contribution in [1.82, 2.24) is 10.2 Å². The van der Waals surface area contributed by atoms with Gasteiger partial charge in [0.1, 0.15) is 18.0 Å². The van der Waals surface area contributed by atoms with E-state index in [1.54, 1.807) is 17.9 Å². The highest BCUT2D eigenvalue weighted by Gasteiger charge is 2.43. The Balaban J connectivity index is 1.45. The first-order valence-corrected chi connectivity index (χ1v) is 12.6. The van der Waals surface area contributed by atoms with E-state index in [1.807, 2.05) is 50.2 Å². The Labute approximate surface area is 211 Å². The Kier molecular flexibility index (Phi) is 5.82. The largest absolute Gasteiger partial charge is 0.490 e. The third kappa shape index (κ3) is 4.03. The van der Waals surface area contributed by atoms with Crippen molar-refractivity contribution in [3.05, 3.63) is 64.7 Å². The molecule has 0 bridgehead atoms. The highest BCUT2D eigenvalue weighted by atomic mass is 16.5. The van der Waals surface area contributed by atoms with E-state index in [0.717, 1.165) is 23.1 Å². The summed E-state index contributed by atoms with van der Waals surface area (Å²) >= 11 is 0. The molecule has 4 N–H and O–H groups in total. The van der Waals surface area contributed by atoms with Crippen LogP contribution in [0.15, 0.2) is 47.5 Å². The zero-order chi connectivity index (χ0) is 25.8. The van der Waals surface area contributed by atoms with Crippen molar-refractivity contribution >= 4 is 17.8 Å². The van der Waals surface area contributed by atoms with Crippen LogP contribution in [0.5, 0.6) is 5.75 Å². The fourth-order valence-corrected chi connectivity index (χ4v) is 5.67. The lowest BCUT2D eigenvalue weighted by atomic mass is 9.87. The minimum absolute atomic E-state index is 0.0402. The molecule has 0 saturated heterocycles. The van der Waals surface area contributed by atoms with E-state index in [4.69, 9.17) is 10.5 Å². The van der Waals surface area contributed by atoms with Crippen LogP contribution < -0.4 is 15.8 Å². The van der Waals surface area contributed by atoms with Crippen molar-refractivity contribution in [1.29, 1.82) is 0 Å². The van der Waals surface area contributed by atoms with E-state index in [0.29, 0.717) is 24.2 Å². The third-order valence-electron chi connectivity index (χ3n) is 7.97. The van der Waals surface area contributed by atoms with Crippen molar-refractivity contribution in [3.8, 4) is 5.75 Å². The van der Waals surface area contributed by atoms with Crippen LogP contribution >= 0.6 is 0 Å². The van der Waals surface area contributed by atoms with Gasteiger partial charge in [0.2, 0.25) is 5.91 Å². The molecule has 0 aromatic heterocycles. The van der Waals surface area contributed by atoms with Gasteiger partial charge in [0, 0.05) is 11.1 Å². The maximum atomic E-state index is 13.4. The van der Waals surface area contributed by atoms with E-state index >= 15 is 0 Å². The molecular weight excluding hydrogens is 456 g/mol. The summed E-state index contributed by atoms with van der Waals surface area (Å²) in [5, 5.41) is 14.0. The fourth-order valence-electron chi connectivity index (χ4n) is 5.67. The number of aliphatic imine (C=N–C) groups is 1. The number of hydrogen-bond donors (Lipinski definition) is 3. The lowest BCUT2D eigenvalue weighted by molar-refractivity contribution is -0.131. The summed E-state index contributed by atoms with van der Waals surface area (Å²) in [6.45, 7) is 7.80. The first kappa shape index (κ1) is 24.3. The van der Waals surface area contributed by atoms with Crippen molar-refractivity contribution in [2.24, 2.45) is 10.7 Å². The zero-order valence-corrected chi connectivity index (χ0v) is 21.2. The molecule has 190 valence electrons. The van der Waals surface area contributed by atoms with Gasteiger partial charge in [-0.3, -0.25) is 14.5 Å². The zero-order valence-electron chi connectivity index (χ0n) is 21.2. The van der Waals surface area contributed by atoms with Crippen LogP contribution in [0, 0.1) is 0 Å². The summed E-state index contributed by atoms with van der Waals surface area (Å²) in [5.41, 5.74) is 7.80. The molecule has 1 aliphatic carbocycles. The van der Waals surface area contributed by atoms with Crippen LogP contribution in [0.3, 0.4) is 0 Å². The number of nitrogens with zero attached hydrogens (tertiary/aromatic N) is 2. The molecule has 5 atom stereocenters. The van der Waals surface area contributed by atoms with Crippen molar-refractivity contribution < 1.29 is 19.4 Å². The van der Waals surface area contributed by atoms with Gasteiger partial charge >= 0.3 is 0 Å². The molecule has 0 fully saturated rings. The Morgan fingerprint density at radius 3 is 2.69 bits per heavy atom. The molecule has 2 aliphatic heterocycles. The van der Waals surface area contributed by atoms with Crippen LogP contribution in [0.1, 0.15) is 92.0 Å². The molecule has 5 rings (SSSR count). The summed E-state index contributed by atoms with van der Waals surface area (Å²) < 4.78 is 5.69. The number of fused-ring (bicyclic) bond motifs is 2. The average molecular weight is 491 g/mol. The van der Waals surface area contributed by atoms with Crippen LogP contribution in [0.2, 0.25) is 0 Å². The lowest BCUT2D eigenvalue weighted by Crippen LogP contribution is -2.51. The van der Waals surface area contributed by atoms with Crippen molar-refractivity contribution in [3.63, 3.8) is 0 Å². The molecule has 0 unspecified atom stereocenters. The number of carbonyl (C=O) groups is 2. The number of aliphatic hydroxyl groups is 1. The molecule has 0 spiro atoms. The predicted molar refractivity (Wildman–Crippen MR) is 137 cm³/mol. The number of amides is 2. The summed E-state index contributed by atoms with van der Waals surface area (Å²) in [5.74, 6) is 0.759. The first-order chi connectivity index (χ1) is 17.0. The number of carbonyl (C=O) groups excluding carboxylic acids is 2. The van der Waals surface area contributed by atoms with Crippen LogP contribution in [0.4, 0.5) is 0 Å². The molecule has 2 aromatic carbocycles. The number of ether oxygens (including phenoxy) is 1. The Morgan fingerprint density at radius 1 is 1.22 bits per heavy atom. The molecule has 8 heteroatoms. The Bertz CT molecular complexity index is 1260. The highest BCUT2D eigenvalue weighted by Crippen LogP contribution is 2.45. The van der Waals surface area contributed by atoms with Gasteiger partial charge in [0.25, 0.3) is 5.91 Å². The van der Waals surface area contributed by atoms with Crippen LogP contribution in [-0.4, -0.2) is 45.5 Å². The van der Waals surface area contributed by atoms with E-state index in [-0.39, 0.29) is 36.3 Å². The number of hydrogen-bond acceptors (Lipinski definition) is 6. The van der Waals surface area contributed by atoms with Crippen molar-refractivity contribution in [2.45, 2.75) is 76.1 Å². The average Bonchev–Trinajstić information content (AvgIpc) is 3.15. The van der Waals surface area contributed by atoms with Crippen LogP contribution in [0.25, 0.3) is 0 Å².